The maximum Gasteiger partial charge on any atom is 0.586 e. The van der Waals surface area contributed by atoms with Gasteiger partial charge >= 0.3 is 6.29 Å². The van der Waals surface area contributed by atoms with Crippen LogP contribution in [0.2, 0.25) is 0 Å². The normalized spacial score (nSPS) is 14.2. The van der Waals surface area contributed by atoms with Crippen molar-refractivity contribution in [1.82, 2.24) is 9.78 Å². The molecular formula is C18H13F2N3O3. The van der Waals surface area contributed by atoms with E-state index in [1.165, 1.54) is 18.2 Å². The van der Waals surface area contributed by atoms with Crippen LogP contribution in [0.25, 0.3) is 0 Å². The minimum absolute atomic E-state index is 0.0732. The van der Waals surface area contributed by atoms with Crippen LogP contribution in [0.15, 0.2) is 60.9 Å². The highest BCUT2D eigenvalue weighted by Gasteiger charge is 2.43. The van der Waals surface area contributed by atoms with Gasteiger partial charge in [-0.2, -0.15) is 5.10 Å². The molecule has 0 bridgehead atoms. The lowest BCUT2D eigenvalue weighted by Crippen LogP contribution is -2.25. The lowest BCUT2D eigenvalue weighted by Gasteiger charge is -2.07. The van der Waals surface area contributed by atoms with Crippen LogP contribution >= 0.6 is 0 Å². The Morgan fingerprint density at radius 3 is 2.62 bits per heavy atom. The molecule has 0 spiro atoms. The fourth-order valence-electron chi connectivity index (χ4n) is 2.57. The number of benzene rings is 2. The number of amides is 1. The molecule has 2 heterocycles. The van der Waals surface area contributed by atoms with Gasteiger partial charge in [-0.15, -0.1) is 8.78 Å². The molecule has 132 valence electrons. The van der Waals surface area contributed by atoms with E-state index in [0.717, 1.165) is 5.56 Å². The molecule has 0 unspecified atom stereocenters. The smallest absolute Gasteiger partial charge is 0.395 e. The summed E-state index contributed by atoms with van der Waals surface area (Å²) in [4.78, 5) is 12.3. The van der Waals surface area contributed by atoms with Gasteiger partial charge in [-0.3, -0.25) is 9.48 Å². The maximum absolute atomic E-state index is 13.0. The molecule has 0 fully saturated rings. The molecule has 1 N–H and O–H groups in total. The van der Waals surface area contributed by atoms with E-state index in [-0.39, 0.29) is 17.4 Å². The van der Waals surface area contributed by atoms with Crippen LogP contribution in [0.3, 0.4) is 0 Å². The number of carbonyl (C=O) groups excluding carboxylic acids is 1. The van der Waals surface area contributed by atoms with E-state index in [0.29, 0.717) is 17.8 Å². The summed E-state index contributed by atoms with van der Waals surface area (Å²) in [6, 6.07) is 13.0. The third kappa shape index (κ3) is 3.34. The highest BCUT2D eigenvalue weighted by Crippen LogP contribution is 2.42. The van der Waals surface area contributed by atoms with Crippen molar-refractivity contribution in [1.29, 1.82) is 0 Å². The van der Waals surface area contributed by atoms with Gasteiger partial charge in [0.1, 0.15) is 0 Å². The van der Waals surface area contributed by atoms with Crippen LogP contribution in [0.5, 0.6) is 11.5 Å². The molecule has 0 atom stereocenters. The molecule has 0 radical (unpaired) electrons. The second kappa shape index (κ2) is 6.14. The largest absolute Gasteiger partial charge is 0.586 e. The summed E-state index contributed by atoms with van der Waals surface area (Å²) in [6.07, 6.45) is -0.137. The molecule has 26 heavy (non-hydrogen) atoms. The summed E-state index contributed by atoms with van der Waals surface area (Å²) in [6.45, 7) is 0.602. The summed E-state index contributed by atoms with van der Waals surface area (Å²) in [5.41, 5.74) is 1.77. The predicted octanol–water partition coefficient (Wildman–Crippen LogP) is 3.51. The molecule has 2 aromatic carbocycles. The van der Waals surface area contributed by atoms with Crippen LogP contribution in [-0.4, -0.2) is 22.0 Å². The standard InChI is InChI=1S/C18H13F2N3O3/c19-18(20)25-15-7-6-14(10-16(15)26-18)22-17(24)13-4-2-12(3-5-13)11-23-9-1-8-21-23/h1-10H,11H2,(H,22,24). The van der Waals surface area contributed by atoms with E-state index in [4.69, 9.17) is 0 Å². The Morgan fingerprint density at radius 2 is 1.88 bits per heavy atom. The molecule has 0 aliphatic carbocycles. The number of fused-ring (bicyclic) bond motifs is 1. The Hall–Kier alpha value is -3.42. The summed E-state index contributed by atoms with van der Waals surface area (Å²) in [5, 5.41) is 6.77. The van der Waals surface area contributed by atoms with Crippen molar-refractivity contribution < 1.29 is 23.0 Å². The number of hydrogen-bond acceptors (Lipinski definition) is 4. The molecule has 0 saturated carbocycles. The van der Waals surface area contributed by atoms with E-state index in [2.05, 4.69) is 19.9 Å². The van der Waals surface area contributed by atoms with Gasteiger partial charge in [-0.05, 0) is 35.9 Å². The minimum Gasteiger partial charge on any atom is -0.395 e. The molecule has 6 nitrogen and oxygen atoms in total. The van der Waals surface area contributed by atoms with Crippen molar-refractivity contribution in [2.75, 3.05) is 5.32 Å². The van der Waals surface area contributed by atoms with E-state index >= 15 is 0 Å². The number of carbonyl (C=O) groups is 1. The third-order valence-electron chi connectivity index (χ3n) is 3.78. The van der Waals surface area contributed by atoms with Gasteiger partial charge in [0, 0.05) is 29.7 Å². The molecular weight excluding hydrogens is 344 g/mol. The van der Waals surface area contributed by atoms with Gasteiger partial charge in [0.05, 0.1) is 6.54 Å². The predicted molar refractivity (Wildman–Crippen MR) is 88.4 cm³/mol. The average molecular weight is 357 g/mol. The van der Waals surface area contributed by atoms with E-state index in [1.807, 2.05) is 24.4 Å². The van der Waals surface area contributed by atoms with Crippen molar-refractivity contribution >= 4 is 11.6 Å². The van der Waals surface area contributed by atoms with Gasteiger partial charge in [-0.1, -0.05) is 12.1 Å². The number of nitrogens with zero attached hydrogens (tertiary/aromatic N) is 2. The number of anilines is 1. The summed E-state index contributed by atoms with van der Waals surface area (Å²) < 4.78 is 36.5. The van der Waals surface area contributed by atoms with Gasteiger partial charge < -0.3 is 14.8 Å². The fourth-order valence-corrected chi connectivity index (χ4v) is 2.57. The van der Waals surface area contributed by atoms with Gasteiger partial charge in [0.25, 0.3) is 5.91 Å². The van der Waals surface area contributed by atoms with E-state index in [9.17, 15) is 13.6 Å². The van der Waals surface area contributed by atoms with Crippen molar-refractivity contribution in [2.45, 2.75) is 12.8 Å². The lowest BCUT2D eigenvalue weighted by molar-refractivity contribution is -0.286. The number of hydrogen-bond donors (Lipinski definition) is 1. The molecule has 8 heteroatoms. The molecule has 1 amide bonds. The average Bonchev–Trinajstić information content (AvgIpc) is 3.21. The molecule has 3 aromatic rings. The zero-order valence-corrected chi connectivity index (χ0v) is 13.4. The molecule has 1 aliphatic heterocycles. The fraction of sp³-hybridized carbons (Fsp3) is 0.111. The Morgan fingerprint density at radius 1 is 1.12 bits per heavy atom. The van der Waals surface area contributed by atoms with Crippen molar-refractivity contribution in [3.63, 3.8) is 0 Å². The van der Waals surface area contributed by atoms with Crippen molar-refractivity contribution in [3.8, 4) is 11.5 Å². The Kier molecular flexibility index (Phi) is 3.80. The Balaban J connectivity index is 1.44. The Labute approximate surface area is 147 Å². The van der Waals surface area contributed by atoms with Crippen LogP contribution < -0.4 is 14.8 Å². The second-order valence-corrected chi connectivity index (χ2v) is 5.68. The Bertz CT molecular complexity index is 941. The first-order chi connectivity index (χ1) is 12.5. The zero-order valence-electron chi connectivity index (χ0n) is 13.4. The van der Waals surface area contributed by atoms with Crippen LogP contribution in [0, 0.1) is 0 Å². The lowest BCUT2D eigenvalue weighted by atomic mass is 10.1. The van der Waals surface area contributed by atoms with Gasteiger partial charge in [0.15, 0.2) is 11.5 Å². The first-order valence-electron chi connectivity index (χ1n) is 7.76. The highest BCUT2D eigenvalue weighted by atomic mass is 19.3. The summed E-state index contributed by atoms with van der Waals surface area (Å²) in [5.74, 6) is -0.556. The molecule has 1 aliphatic rings. The number of alkyl halides is 2. The SMILES string of the molecule is O=C(Nc1ccc2c(c1)OC(F)(F)O2)c1ccc(Cn2cccn2)cc1. The monoisotopic (exact) mass is 357 g/mol. The molecule has 4 rings (SSSR count). The number of aromatic nitrogens is 2. The number of rotatable bonds is 4. The molecule has 0 saturated heterocycles. The van der Waals surface area contributed by atoms with Crippen LogP contribution in [0.1, 0.15) is 15.9 Å². The number of nitrogens with one attached hydrogen (secondary N) is 1. The highest BCUT2D eigenvalue weighted by molar-refractivity contribution is 6.04. The van der Waals surface area contributed by atoms with Crippen LogP contribution in [-0.2, 0) is 6.54 Å². The van der Waals surface area contributed by atoms with Gasteiger partial charge in [0.2, 0.25) is 0 Å². The van der Waals surface area contributed by atoms with E-state index in [1.54, 1.807) is 23.0 Å². The topological polar surface area (TPSA) is 65.4 Å². The first kappa shape index (κ1) is 16.1. The summed E-state index contributed by atoms with van der Waals surface area (Å²) >= 11 is 0. The molecule has 1 aromatic heterocycles. The minimum atomic E-state index is -3.69. The first-order valence-corrected chi connectivity index (χ1v) is 7.76. The van der Waals surface area contributed by atoms with Crippen LogP contribution in [0.4, 0.5) is 14.5 Å². The van der Waals surface area contributed by atoms with Gasteiger partial charge in [-0.25, -0.2) is 0 Å². The third-order valence-corrected chi connectivity index (χ3v) is 3.78. The quantitative estimate of drug-likeness (QED) is 0.776. The number of halogens is 2. The summed E-state index contributed by atoms with van der Waals surface area (Å²) in [7, 11) is 0. The second-order valence-electron chi connectivity index (χ2n) is 5.68. The van der Waals surface area contributed by atoms with Crippen molar-refractivity contribution in [3.05, 3.63) is 72.1 Å². The van der Waals surface area contributed by atoms with E-state index < -0.39 is 6.29 Å². The zero-order chi connectivity index (χ0) is 18.1. The maximum atomic E-state index is 13.0. The number of ether oxygens (including phenoxy) is 2. The van der Waals surface area contributed by atoms with Crippen molar-refractivity contribution in [2.24, 2.45) is 0 Å².